The molecule has 2 rings (SSSR count). The summed E-state index contributed by atoms with van der Waals surface area (Å²) in [6.07, 6.45) is 1.31. The van der Waals surface area contributed by atoms with E-state index in [2.05, 4.69) is 15.0 Å². The molecule has 0 atom stereocenters. The van der Waals surface area contributed by atoms with Crippen LogP contribution in [0.2, 0.25) is 5.02 Å². The van der Waals surface area contributed by atoms with Crippen LogP contribution in [0.4, 0.5) is 5.82 Å². The molecule has 0 aliphatic rings. The number of halogens is 1. The summed E-state index contributed by atoms with van der Waals surface area (Å²) >= 11 is 5.82. The number of hydrogen-bond donors (Lipinski definition) is 1. The number of carbonyl (C=O) groups is 2. The molecule has 1 amide bonds. The van der Waals surface area contributed by atoms with Gasteiger partial charge in [-0.15, -0.1) is 0 Å². The van der Waals surface area contributed by atoms with Crippen LogP contribution in [0, 0.1) is 6.92 Å². The predicted octanol–water partition coefficient (Wildman–Crippen LogP) is 2.20. The van der Waals surface area contributed by atoms with Crippen LogP contribution in [-0.4, -0.2) is 30.2 Å². The molecular formula is C14H13ClN2O5. The third-order valence-corrected chi connectivity index (χ3v) is 2.79. The second kappa shape index (κ2) is 7.46. The molecule has 7 nitrogen and oxygen atoms in total. The lowest BCUT2D eigenvalue weighted by Crippen LogP contribution is -2.23. The van der Waals surface area contributed by atoms with Crippen molar-refractivity contribution < 1.29 is 23.6 Å². The Labute approximate surface area is 131 Å². The number of esters is 1. The van der Waals surface area contributed by atoms with Crippen molar-refractivity contribution in [3.8, 4) is 5.75 Å². The van der Waals surface area contributed by atoms with Gasteiger partial charge in [0.1, 0.15) is 12.0 Å². The summed E-state index contributed by atoms with van der Waals surface area (Å²) in [4.78, 5) is 23.0. The van der Waals surface area contributed by atoms with E-state index in [1.54, 1.807) is 25.1 Å². The van der Waals surface area contributed by atoms with Gasteiger partial charge in [0.15, 0.2) is 19.0 Å². The number of ether oxygens (including phenoxy) is 2. The SMILES string of the molecule is Cc1cc(Cl)ccc1OCC(=O)OCC(=O)Nc1ccon1. The lowest BCUT2D eigenvalue weighted by Gasteiger charge is -2.09. The molecule has 1 aromatic heterocycles. The van der Waals surface area contributed by atoms with Gasteiger partial charge in [-0.05, 0) is 30.7 Å². The van der Waals surface area contributed by atoms with Gasteiger partial charge in [-0.25, -0.2) is 4.79 Å². The fraction of sp³-hybridized carbons (Fsp3) is 0.214. The molecule has 0 saturated carbocycles. The first-order valence-electron chi connectivity index (χ1n) is 6.29. The molecule has 0 saturated heterocycles. The second-order valence-corrected chi connectivity index (χ2v) is 4.73. The molecular weight excluding hydrogens is 312 g/mol. The van der Waals surface area contributed by atoms with Gasteiger partial charge in [0.2, 0.25) is 0 Å². The summed E-state index contributed by atoms with van der Waals surface area (Å²) in [7, 11) is 0. The van der Waals surface area contributed by atoms with Crippen molar-refractivity contribution in [2.75, 3.05) is 18.5 Å². The predicted molar refractivity (Wildman–Crippen MR) is 77.8 cm³/mol. The first kappa shape index (κ1) is 15.8. The molecule has 2 aromatic rings. The number of nitrogens with one attached hydrogen (secondary N) is 1. The van der Waals surface area contributed by atoms with Crippen molar-refractivity contribution in [2.45, 2.75) is 6.92 Å². The Hall–Kier alpha value is -2.54. The van der Waals surface area contributed by atoms with E-state index in [1.807, 2.05) is 0 Å². The molecule has 0 aliphatic heterocycles. The number of benzene rings is 1. The van der Waals surface area contributed by atoms with Crippen LogP contribution in [0.15, 0.2) is 35.1 Å². The zero-order valence-corrected chi connectivity index (χ0v) is 12.4. The van der Waals surface area contributed by atoms with E-state index in [9.17, 15) is 9.59 Å². The monoisotopic (exact) mass is 324 g/mol. The fourth-order valence-electron chi connectivity index (χ4n) is 1.56. The number of carbonyl (C=O) groups excluding carboxylic acids is 2. The summed E-state index contributed by atoms with van der Waals surface area (Å²) in [5.74, 6) is -0.419. The molecule has 0 radical (unpaired) electrons. The molecule has 1 aromatic carbocycles. The Kier molecular flexibility index (Phi) is 5.37. The van der Waals surface area contributed by atoms with Crippen LogP contribution in [0.25, 0.3) is 0 Å². The van der Waals surface area contributed by atoms with E-state index < -0.39 is 18.5 Å². The minimum atomic E-state index is -0.662. The molecule has 116 valence electrons. The van der Waals surface area contributed by atoms with E-state index in [0.29, 0.717) is 10.8 Å². The Morgan fingerprint density at radius 3 is 2.82 bits per heavy atom. The van der Waals surface area contributed by atoms with Crippen molar-refractivity contribution in [3.05, 3.63) is 41.1 Å². The Morgan fingerprint density at radius 1 is 1.32 bits per heavy atom. The van der Waals surface area contributed by atoms with Crippen molar-refractivity contribution in [1.29, 1.82) is 0 Å². The first-order chi connectivity index (χ1) is 10.5. The van der Waals surface area contributed by atoms with E-state index in [0.717, 1.165) is 5.56 Å². The highest BCUT2D eigenvalue weighted by atomic mass is 35.5. The third-order valence-electron chi connectivity index (χ3n) is 2.55. The summed E-state index contributed by atoms with van der Waals surface area (Å²) in [6, 6.07) is 6.49. The lowest BCUT2D eigenvalue weighted by atomic mass is 10.2. The van der Waals surface area contributed by atoms with Crippen molar-refractivity contribution in [2.24, 2.45) is 0 Å². The summed E-state index contributed by atoms with van der Waals surface area (Å²) in [5, 5.41) is 6.46. The standard InChI is InChI=1S/C14H13ClN2O5/c1-9-6-10(15)2-3-11(9)20-8-14(19)21-7-13(18)16-12-4-5-22-17-12/h2-6H,7-8H2,1H3,(H,16,17,18). The molecule has 0 unspecified atom stereocenters. The number of nitrogens with zero attached hydrogens (tertiary/aromatic N) is 1. The van der Waals surface area contributed by atoms with E-state index in [-0.39, 0.29) is 12.4 Å². The normalized spacial score (nSPS) is 10.1. The zero-order chi connectivity index (χ0) is 15.9. The summed E-state index contributed by atoms with van der Waals surface area (Å²) in [6.45, 7) is 1.06. The van der Waals surface area contributed by atoms with E-state index in [4.69, 9.17) is 21.1 Å². The highest BCUT2D eigenvalue weighted by Crippen LogP contribution is 2.21. The second-order valence-electron chi connectivity index (χ2n) is 4.29. The van der Waals surface area contributed by atoms with E-state index >= 15 is 0 Å². The van der Waals surface area contributed by atoms with Crippen LogP contribution in [0.5, 0.6) is 5.75 Å². The number of rotatable bonds is 6. The maximum atomic E-state index is 11.5. The van der Waals surface area contributed by atoms with Gasteiger partial charge in [-0.2, -0.15) is 0 Å². The number of aryl methyl sites for hydroxylation is 1. The topological polar surface area (TPSA) is 90.7 Å². The molecule has 8 heteroatoms. The van der Waals surface area contributed by atoms with Crippen molar-refractivity contribution >= 4 is 29.3 Å². The average molecular weight is 325 g/mol. The van der Waals surface area contributed by atoms with Crippen molar-refractivity contribution in [3.63, 3.8) is 0 Å². The number of hydrogen-bond acceptors (Lipinski definition) is 6. The highest BCUT2D eigenvalue weighted by Gasteiger charge is 2.10. The minimum Gasteiger partial charge on any atom is -0.482 e. The fourth-order valence-corrected chi connectivity index (χ4v) is 1.78. The summed E-state index contributed by atoms with van der Waals surface area (Å²) < 4.78 is 14.6. The Bertz CT molecular complexity index is 657. The van der Waals surface area contributed by atoms with Gasteiger partial charge in [-0.1, -0.05) is 16.8 Å². The average Bonchev–Trinajstić information content (AvgIpc) is 2.97. The van der Waals surface area contributed by atoms with Gasteiger partial charge < -0.3 is 19.3 Å². The van der Waals surface area contributed by atoms with Crippen LogP contribution < -0.4 is 10.1 Å². The first-order valence-corrected chi connectivity index (χ1v) is 6.67. The van der Waals surface area contributed by atoms with Gasteiger partial charge in [0, 0.05) is 11.1 Å². The van der Waals surface area contributed by atoms with Crippen LogP contribution in [0.1, 0.15) is 5.56 Å². The minimum absolute atomic E-state index is 0.245. The zero-order valence-electron chi connectivity index (χ0n) is 11.7. The quantitative estimate of drug-likeness (QED) is 0.819. The lowest BCUT2D eigenvalue weighted by molar-refractivity contribution is -0.149. The molecule has 0 bridgehead atoms. The maximum Gasteiger partial charge on any atom is 0.344 e. The van der Waals surface area contributed by atoms with Crippen LogP contribution in [0.3, 0.4) is 0 Å². The third kappa shape index (κ3) is 4.78. The smallest absolute Gasteiger partial charge is 0.344 e. The van der Waals surface area contributed by atoms with Crippen LogP contribution >= 0.6 is 11.6 Å². The van der Waals surface area contributed by atoms with Crippen molar-refractivity contribution in [1.82, 2.24) is 5.16 Å². The Balaban J connectivity index is 1.72. The highest BCUT2D eigenvalue weighted by molar-refractivity contribution is 6.30. The van der Waals surface area contributed by atoms with E-state index in [1.165, 1.54) is 12.3 Å². The molecule has 22 heavy (non-hydrogen) atoms. The number of anilines is 1. The molecule has 1 heterocycles. The number of aromatic nitrogens is 1. The Morgan fingerprint density at radius 2 is 2.14 bits per heavy atom. The van der Waals surface area contributed by atoms with Gasteiger partial charge in [0.25, 0.3) is 5.91 Å². The van der Waals surface area contributed by atoms with Crippen LogP contribution in [-0.2, 0) is 14.3 Å². The van der Waals surface area contributed by atoms with Gasteiger partial charge in [-0.3, -0.25) is 4.79 Å². The molecule has 0 aliphatic carbocycles. The molecule has 0 fully saturated rings. The summed E-state index contributed by atoms with van der Waals surface area (Å²) in [5.41, 5.74) is 0.795. The number of amides is 1. The van der Waals surface area contributed by atoms with Gasteiger partial charge in [0.05, 0.1) is 0 Å². The largest absolute Gasteiger partial charge is 0.482 e. The maximum absolute atomic E-state index is 11.5. The molecule has 1 N–H and O–H groups in total. The molecule has 0 spiro atoms. The van der Waals surface area contributed by atoms with Gasteiger partial charge >= 0.3 is 5.97 Å².